The molecule has 0 saturated heterocycles. The lowest BCUT2D eigenvalue weighted by Crippen LogP contribution is -2.45. The molecule has 21 heavy (non-hydrogen) atoms. The number of rotatable bonds is 5. The topological polar surface area (TPSA) is 29.1 Å². The van der Waals surface area contributed by atoms with E-state index in [4.69, 9.17) is 11.6 Å². The molecule has 0 heterocycles. The molecule has 0 aromatic heterocycles. The number of benzene rings is 1. The Morgan fingerprint density at radius 1 is 1.29 bits per heavy atom. The molecular weight excluding hydrogens is 282 g/mol. The van der Waals surface area contributed by atoms with Crippen LogP contribution in [-0.4, -0.2) is 17.3 Å². The fraction of sp³-hybridized carbons (Fsp3) is 0.611. The minimum absolute atomic E-state index is 0.0797. The largest absolute Gasteiger partial charge is 0.351 e. The van der Waals surface area contributed by atoms with Crippen LogP contribution in [0.3, 0.4) is 0 Å². The molecule has 1 amide bonds. The van der Waals surface area contributed by atoms with Gasteiger partial charge in [-0.3, -0.25) is 4.79 Å². The molecule has 0 radical (unpaired) electrons. The molecule has 2 nitrogen and oxygen atoms in total. The molecule has 0 spiro atoms. The summed E-state index contributed by atoms with van der Waals surface area (Å²) < 4.78 is 0. The van der Waals surface area contributed by atoms with Crippen LogP contribution in [0, 0.1) is 5.92 Å². The van der Waals surface area contributed by atoms with Gasteiger partial charge in [-0.1, -0.05) is 63.4 Å². The van der Waals surface area contributed by atoms with E-state index in [1.807, 2.05) is 18.2 Å². The number of carbonyl (C=O) groups is 1. The van der Waals surface area contributed by atoms with E-state index in [1.54, 1.807) is 0 Å². The number of halogens is 1. The van der Waals surface area contributed by atoms with Crippen LogP contribution in [-0.2, 0) is 4.79 Å². The molecule has 1 aliphatic rings. The quantitative estimate of drug-likeness (QED) is 0.798. The molecule has 1 N–H and O–H groups in total. The average Bonchev–Trinajstić information content (AvgIpc) is 2.50. The molecule has 116 valence electrons. The molecule has 3 heteroatoms. The highest BCUT2D eigenvalue weighted by molar-refractivity contribution is 6.21. The number of alkyl halides is 1. The minimum atomic E-state index is -0.0815. The summed E-state index contributed by atoms with van der Waals surface area (Å²) >= 11 is 6.38. The second kappa shape index (κ2) is 7.84. The Labute approximate surface area is 133 Å². The van der Waals surface area contributed by atoms with Gasteiger partial charge in [0.1, 0.15) is 0 Å². The third-order valence-corrected chi connectivity index (χ3v) is 5.19. The van der Waals surface area contributed by atoms with Crippen molar-refractivity contribution in [1.29, 1.82) is 0 Å². The van der Waals surface area contributed by atoms with Gasteiger partial charge in [-0.25, -0.2) is 0 Å². The van der Waals surface area contributed by atoms with E-state index in [-0.39, 0.29) is 23.2 Å². The predicted molar refractivity (Wildman–Crippen MR) is 88.7 cm³/mol. The maximum atomic E-state index is 12.8. The first-order valence-corrected chi connectivity index (χ1v) is 8.56. The van der Waals surface area contributed by atoms with Crippen LogP contribution in [0.5, 0.6) is 0 Å². The monoisotopic (exact) mass is 307 g/mol. The number of nitrogens with one attached hydrogen (secondary N) is 1. The SMILES string of the molecule is CCC(C)C(C(=O)NC1CCCCC1Cl)c1ccccc1. The van der Waals surface area contributed by atoms with Crippen LogP contribution in [0.15, 0.2) is 30.3 Å². The van der Waals surface area contributed by atoms with Crippen LogP contribution in [0.2, 0.25) is 0 Å². The van der Waals surface area contributed by atoms with Crippen molar-refractivity contribution in [2.24, 2.45) is 5.92 Å². The molecule has 1 fully saturated rings. The summed E-state index contributed by atoms with van der Waals surface area (Å²) in [6.07, 6.45) is 5.33. The van der Waals surface area contributed by atoms with Crippen LogP contribution in [0.25, 0.3) is 0 Å². The first kappa shape index (κ1) is 16.4. The van der Waals surface area contributed by atoms with Crippen molar-refractivity contribution in [2.45, 2.75) is 63.3 Å². The second-order valence-corrected chi connectivity index (χ2v) is 6.75. The fourth-order valence-corrected chi connectivity index (χ4v) is 3.50. The molecular formula is C18H26ClNO. The summed E-state index contributed by atoms with van der Waals surface area (Å²) in [7, 11) is 0. The lowest BCUT2D eigenvalue weighted by Gasteiger charge is -2.31. The average molecular weight is 308 g/mol. The van der Waals surface area contributed by atoms with Gasteiger partial charge in [-0.05, 0) is 24.3 Å². The van der Waals surface area contributed by atoms with Crippen molar-refractivity contribution in [3.63, 3.8) is 0 Å². The van der Waals surface area contributed by atoms with Crippen molar-refractivity contribution in [2.75, 3.05) is 0 Å². The fourth-order valence-electron chi connectivity index (χ4n) is 3.16. The number of hydrogen-bond acceptors (Lipinski definition) is 1. The molecule has 0 bridgehead atoms. The smallest absolute Gasteiger partial charge is 0.228 e. The lowest BCUT2D eigenvalue weighted by atomic mass is 9.84. The molecule has 1 aromatic rings. The van der Waals surface area contributed by atoms with Gasteiger partial charge in [-0.15, -0.1) is 11.6 Å². The van der Waals surface area contributed by atoms with Gasteiger partial charge >= 0.3 is 0 Å². The lowest BCUT2D eigenvalue weighted by molar-refractivity contribution is -0.124. The van der Waals surface area contributed by atoms with E-state index >= 15 is 0 Å². The molecule has 1 aliphatic carbocycles. The third kappa shape index (κ3) is 4.23. The van der Waals surface area contributed by atoms with Crippen molar-refractivity contribution in [3.8, 4) is 0 Å². The summed E-state index contributed by atoms with van der Waals surface area (Å²) in [5, 5.41) is 3.29. The van der Waals surface area contributed by atoms with Crippen molar-refractivity contribution in [1.82, 2.24) is 5.32 Å². The number of hydrogen-bond donors (Lipinski definition) is 1. The molecule has 2 rings (SSSR count). The predicted octanol–water partition coefficient (Wildman–Crippen LogP) is 4.48. The standard InChI is InChI=1S/C18H26ClNO/c1-3-13(2)17(14-9-5-4-6-10-14)18(21)20-16-12-8-7-11-15(16)19/h4-6,9-10,13,15-17H,3,7-8,11-12H2,1-2H3,(H,20,21). The van der Waals surface area contributed by atoms with E-state index in [0.717, 1.165) is 31.2 Å². The van der Waals surface area contributed by atoms with Gasteiger partial charge in [0, 0.05) is 6.04 Å². The van der Waals surface area contributed by atoms with Gasteiger partial charge < -0.3 is 5.32 Å². The maximum Gasteiger partial charge on any atom is 0.228 e. The van der Waals surface area contributed by atoms with Gasteiger partial charge in [0.25, 0.3) is 0 Å². The number of carbonyl (C=O) groups excluding carboxylic acids is 1. The second-order valence-electron chi connectivity index (χ2n) is 6.19. The molecule has 0 aliphatic heterocycles. The molecule has 1 saturated carbocycles. The van der Waals surface area contributed by atoms with Crippen LogP contribution < -0.4 is 5.32 Å². The van der Waals surface area contributed by atoms with Crippen LogP contribution in [0.1, 0.15) is 57.4 Å². The highest BCUT2D eigenvalue weighted by atomic mass is 35.5. The molecule has 4 atom stereocenters. The van der Waals surface area contributed by atoms with Crippen LogP contribution >= 0.6 is 11.6 Å². The van der Waals surface area contributed by atoms with Gasteiger partial charge in [0.05, 0.1) is 11.3 Å². The van der Waals surface area contributed by atoms with E-state index in [1.165, 1.54) is 6.42 Å². The molecule has 1 aromatic carbocycles. The summed E-state index contributed by atoms with van der Waals surface area (Å²) in [5.41, 5.74) is 1.10. The zero-order valence-electron chi connectivity index (χ0n) is 13.0. The van der Waals surface area contributed by atoms with Crippen molar-refractivity contribution >= 4 is 17.5 Å². The Hall–Kier alpha value is -1.02. The third-order valence-electron chi connectivity index (χ3n) is 4.66. The summed E-state index contributed by atoms with van der Waals surface area (Å²) in [5.74, 6) is 0.375. The Balaban J connectivity index is 2.11. The zero-order valence-corrected chi connectivity index (χ0v) is 13.8. The Morgan fingerprint density at radius 2 is 1.95 bits per heavy atom. The minimum Gasteiger partial charge on any atom is -0.351 e. The van der Waals surface area contributed by atoms with E-state index in [9.17, 15) is 4.79 Å². The Morgan fingerprint density at radius 3 is 2.57 bits per heavy atom. The first-order valence-electron chi connectivity index (χ1n) is 8.12. The zero-order chi connectivity index (χ0) is 15.2. The van der Waals surface area contributed by atoms with Crippen LogP contribution in [0.4, 0.5) is 0 Å². The Kier molecular flexibility index (Phi) is 6.10. The summed E-state index contributed by atoms with van der Waals surface area (Å²) in [6.45, 7) is 4.29. The Bertz CT molecular complexity index is 448. The van der Waals surface area contributed by atoms with Gasteiger partial charge in [-0.2, -0.15) is 0 Å². The van der Waals surface area contributed by atoms with Gasteiger partial charge in [0.2, 0.25) is 5.91 Å². The van der Waals surface area contributed by atoms with Crippen molar-refractivity contribution in [3.05, 3.63) is 35.9 Å². The van der Waals surface area contributed by atoms with E-state index < -0.39 is 0 Å². The van der Waals surface area contributed by atoms with E-state index in [0.29, 0.717) is 5.92 Å². The highest BCUT2D eigenvalue weighted by Gasteiger charge is 2.30. The first-order chi connectivity index (χ1) is 10.1. The maximum absolute atomic E-state index is 12.8. The van der Waals surface area contributed by atoms with Crippen molar-refractivity contribution < 1.29 is 4.79 Å². The number of amides is 1. The summed E-state index contributed by atoms with van der Waals surface area (Å²) in [6, 6.07) is 10.2. The molecule has 4 unspecified atom stereocenters. The normalized spacial score (nSPS) is 25.1. The highest BCUT2D eigenvalue weighted by Crippen LogP contribution is 2.29. The van der Waals surface area contributed by atoms with E-state index in [2.05, 4.69) is 31.3 Å². The van der Waals surface area contributed by atoms with Gasteiger partial charge in [0.15, 0.2) is 0 Å². The summed E-state index contributed by atoms with van der Waals surface area (Å²) in [4.78, 5) is 12.8.